The van der Waals surface area contributed by atoms with E-state index in [1.807, 2.05) is 12.2 Å². The lowest BCUT2D eigenvalue weighted by molar-refractivity contribution is -0.161. The molecule has 0 bridgehead atoms. The Morgan fingerprint density at radius 2 is 1.14 bits per heavy atom. The van der Waals surface area contributed by atoms with E-state index in [1.165, 1.54) is 51.4 Å². The molecule has 1 heterocycles. The summed E-state index contributed by atoms with van der Waals surface area (Å²) in [7, 11) is -4.77. The SMILES string of the molecule is CC/C=C\CC1OC1C/C=C\C/C=C\C/C=C\C/C=C\CCC(=O)OC[C@H](COP(=O)(O)O)OC(=O)CCCCCCCCCCCCCC. The number of epoxide rings is 1. The minimum absolute atomic E-state index is 0.138. The molecule has 1 saturated heterocycles. The molecule has 0 radical (unpaired) electrons. The summed E-state index contributed by atoms with van der Waals surface area (Å²) < 4.78 is 31.9. The van der Waals surface area contributed by atoms with Crippen LogP contribution in [0.5, 0.6) is 0 Å². The highest BCUT2D eigenvalue weighted by Crippen LogP contribution is 2.36. The Bertz CT molecular complexity index is 1060. The highest BCUT2D eigenvalue weighted by Gasteiger charge is 2.35. The van der Waals surface area contributed by atoms with Gasteiger partial charge in [-0.2, -0.15) is 0 Å². The molecular formula is C40H67O9P. The summed E-state index contributed by atoms with van der Waals surface area (Å²) in [5.74, 6) is -0.990. The Labute approximate surface area is 302 Å². The standard InChI is InChI=1S/C40H67O9P/c1-3-5-7-8-9-10-11-15-19-22-25-29-33-40(42)48-36(35-47-50(43,44)45)34-46-39(41)32-28-24-21-18-16-13-12-14-17-20-23-27-31-38-37(49-38)30-26-6-4-2/h6,13-14,16-17,21,23-24,26-27,36-38H,3-5,7-12,15,18-20,22,25,28-35H2,1-2H3,(H2,43,44,45)/b16-13-,17-14-,24-21-,26-6-,27-23-/t36-,37?,38?/m1/s1. The van der Waals surface area contributed by atoms with Crippen molar-refractivity contribution in [2.24, 2.45) is 0 Å². The van der Waals surface area contributed by atoms with Crippen LogP contribution >= 0.6 is 7.82 Å². The summed E-state index contributed by atoms with van der Waals surface area (Å²) in [4.78, 5) is 42.7. The number of hydrogen-bond acceptors (Lipinski definition) is 7. The van der Waals surface area contributed by atoms with Crippen LogP contribution in [0, 0.1) is 0 Å². The average Bonchev–Trinajstić information content (AvgIpc) is 3.84. The molecule has 1 rings (SSSR count). The Morgan fingerprint density at radius 1 is 0.640 bits per heavy atom. The van der Waals surface area contributed by atoms with Crippen LogP contribution in [0.25, 0.3) is 0 Å². The van der Waals surface area contributed by atoms with Crippen molar-refractivity contribution in [3.05, 3.63) is 60.8 Å². The summed E-state index contributed by atoms with van der Waals surface area (Å²) in [6.07, 6.45) is 41.4. The van der Waals surface area contributed by atoms with Crippen molar-refractivity contribution >= 4 is 19.8 Å². The zero-order valence-electron chi connectivity index (χ0n) is 31.0. The van der Waals surface area contributed by atoms with Gasteiger partial charge in [-0.05, 0) is 51.4 Å². The minimum atomic E-state index is -4.77. The van der Waals surface area contributed by atoms with Crippen LogP contribution in [0.2, 0.25) is 0 Å². The van der Waals surface area contributed by atoms with Crippen molar-refractivity contribution in [1.82, 2.24) is 0 Å². The molecule has 0 aromatic heterocycles. The largest absolute Gasteiger partial charge is 0.469 e. The summed E-state index contributed by atoms with van der Waals surface area (Å²) in [6.45, 7) is 3.48. The molecule has 0 aromatic rings. The monoisotopic (exact) mass is 722 g/mol. The van der Waals surface area contributed by atoms with Gasteiger partial charge in [0.2, 0.25) is 0 Å². The number of carbonyl (C=O) groups excluding carboxylic acids is 2. The van der Waals surface area contributed by atoms with Gasteiger partial charge in [-0.25, -0.2) is 4.57 Å². The molecule has 50 heavy (non-hydrogen) atoms. The summed E-state index contributed by atoms with van der Waals surface area (Å²) in [5, 5.41) is 0. The predicted octanol–water partition coefficient (Wildman–Crippen LogP) is 10.3. The van der Waals surface area contributed by atoms with Gasteiger partial charge in [-0.1, -0.05) is 145 Å². The Morgan fingerprint density at radius 3 is 1.68 bits per heavy atom. The zero-order valence-corrected chi connectivity index (χ0v) is 31.9. The lowest BCUT2D eigenvalue weighted by Gasteiger charge is -2.18. The number of ether oxygens (including phenoxy) is 3. The van der Waals surface area contributed by atoms with E-state index in [9.17, 15) is 14.2 Å². The summed E-state index contributed by atoms with van der Waals surface area (Å²) >= 11 is 0. The van der Waals surface area contributed by atoms with E-state index in [2.05, 4.69) is 67.0 Å². The van der Waals surface area contributed by atoms with Crippen molar-refractivity contribution in [3.8, 4) is 0 Å². The van der Waals surface area contributed by atoms with Crippen molar-refractivity contribution < 1.29 is 42.7 Å². The molecule has 1 fully saturated rings. The number of hydrogen-bond donors (Lipinski definition) is 2. The van der Waals surface area contributed by atoms with E-state index in [-0.39, 0.29) is 19.4 Å². The first-order chi connectivity index (χ1) is 24.2. The quantitative estimate of drug-likeness (QED) is 0.0223. The van der Waals surface area contributed by atoms with E-state index in [0.29, 0.717) is 25.0 Å². The number of phosphoric acid groups is 1. The Hall–Kier alpha value is -2.29. The molecule has 3 atom stereocenters. The third-order valence-electron chi connectivity index (χ3n) is 8.22. The van der Waals surface area contributed by atoms with Crippen LogP contribution in [0.15, 0.2) is 60.8 Å². The second kappa shape index (κ2) is 31.4. The lowest BCUT2D eigenvalue weighted by atomic mass is 10.0. The normalized spacial score (nSPS) is 17.2. The molecular weight excluding hydrogens is 655 g/mol. The molecule has 0 amide bonds. The second-order valence-electron chi connectivity index (χ2n) is 12.9. The fourth-order valence-corrected chi connectivity index (χ4v) is 5.62. The number of allylic oxidation sites excluding steroid dienone is 8. The van der Waals surface area contributed by atoms with Crippen LogP contribution in [-0.4, -0.2) is 53.3 Å². The van der Waals surface area contributed by atoms with Gasteiger partial charge >= 0.3 is 19.8 Å². The van der Waals surface area contributed by atoms with Gasteiger partial charge in [0, 0.05) is 12.8 Å². The maximum atomic E-state index is 12.3. The molecule has 9 nitrogen and oxygen atoms in total. The summed E-state index contributed by atoms with van der Waals surface area (Å²) in [5.41, 5.74) is 0. The van der Waals surface area contributed by atoms with E-state index in [4.69, 9.17) is 24.0 Å². The maximum absolute atomic E-state index is 12.3. The first-order valence-corrected chi connectivity index (χ1v) is 20.7. The number of rotatable bonds is 33. The van der Waals surface area contributed by atoms with Crippen LogP contribution in [-0.2, 0) is 32.9 Å². The molecule has 2 N–H and O–H groups in total. The van der Waals surface area contributed by atoms with Crippen LogP contribution in [0.1, 0.15) is 149 Å². The third-order valence-corrected chi connectivity index (χ3v) is 8.70. The van der Waals surface area contributed by atoms with Crippen molar-refractivity contribution in [1.29, 1.82) is 0 Å². The van der Waals surface area contributed by atoms with Crippen LogP contribution in [0.3, 0.4) is 0 Å². The van der Waals surface area contributed by atoms with Gasteiger partial charge in [0.15, 0.2) is 6.10 Å². The summed E-state index contributed by atoms with van der Waals surface area (Å²) in [6, 6.07) is 0. The smallest absolute Gasteiger partial charge is 0.462 e. The van der Waals surface area contributed by atoms with Crippen LogP contribution in [0.4, 0.5) is 0 Å². The third kappa shape index (κ3) is 30.5. The first-order valence-electron chi connectivity index (χ1n) is 19.2. The highest BCUT2D eigenvalue weighted by atomic mass is 31.2. The number of phosphoric ester groups is 1. The fourth-order valence-electron chi connectivity index (χ4n) is 5.26. The fraction of sp³-hybridized carbons (Fsp3) is 0.700. The molecule has 2 unspecified atom stereocenters. The number of unbranched alkanes of at least 4 members (excludes halogenated alkanes) is 11. The van der Waals surface area contributed by atoms with Crippen LogP contribution < -0.4 is 0 Å². The van der Waals surface area contributed by atoms with Gasteiger partial charge in [-0.3, -0.25) is 14.1 Å². The first kappa shape index (κ1) is 45.7. The second-order valence-corrected chi connectivity index (χ2v) is 14.2. The molecule has 1 aliphatic rings. The van der Waals surface area contributed by atoms with Gasteiger partial charge < -0.3 is 24.0 Å². The topological polar surface area (TPSA) is 132 Å². The molecule has 10 heteroatoms. The van der Waals surface area contributed by atoms with Gasteiger partial charge in [0.05, 0.1) is 18.8 Å². The van der Waals surface area contributed by atoms with E-state index < -0.39 is 32.5 Å². The van der Waals surface area contributed by atoms with E-state index in [1.54, 1.807) is 0 Å². The average molecular weight is 723 g/mol. The van der Waals surface area contributed by atoms with E-state index >= 15 is 0 Å². The van der Waals surface area contributed by atoms with E-state index in [0.717, 1.165) is 57.8 Å². The Balaban J connectivity index is 2.14. The molecule has 1 aliphatic heterocycles. The molecule has 286 valence electrons. The van der Waals surface area contributed by atoms with Gasteiger partial charge in [0.25, 0.3) is 0 Å². The van der Waals surface area contributed by atoms with Crippen molar-refractivity contribution in [2.75, 3.05) is 13.2 Å². The van der Waals surface area contributed by atoms with Gasteiger partial charge in [-0.15, -0.1) is 0 Å². The van der Waals surface area contributed by atoms with Crippen molar-refractivity contribution in [3.63, 3.8) is 0 Å². The molecule has 0 spiro atoms. The van der Waals surface area contributed by atoms with Gasteiger partial charge in [0.1, 0.15) is 6.61 Å². The van der Waals surface area contributed by atoms with Crippen molar-refractivity contribution in [2.45, 2.75) is 167 Å². The number of esters is 2. The Kier molecular flexibility index (Phi) is 28.8. The molecule has 0 aromatic carbocycles. The molecule has 0 aliphatic carbocycles. The predicted molar refractivity (Wildman–Crippen MR) is 202 cm³/mol. The molecule has 0 saturated carbocycles. The maximum Gasteiger partial charge on any atom is 0.469 e. The minimum Gasteiger partial charge on any atom is -0.462 e. The lowest BCUT2D eigenvalue weighted by Crippen LogP contribution is -2.29. The highest BCUT2D eigenvalue weighted by molar-refractivity contribution is 7.46. The number of carbonyl (C=O) groups is 2. The zero-order chi connectivity index (χ0) is 36.5.